The summed E-state index contributed by atoms with van der Waals surface area (Å²) in [5.74, 6) is -1.08. The Morgan fingerprint density at radius 2 is 2.03 bits per heavy atom. The summed E-state index contributed by atoms with van der Waals surface area (Å²) >= 11 is 6.08. The first kappa shape index (κ1) is 20.3. The van der Waals surface area contributed by atoms with Crippen molar-refractivity contribution in [2.24, 2.45) is 0 Å². The molecule has 1 atom stereocenters. The third-order valence-electron chi connectivity index (χ3n) is 5.73. The van der Waals surface area contributed by atoms with E-state index in [0.717, 1.165) is 10.5 Å². The van der Waals surface area contributed by atoms with E-state index in [1.165, 1.54) is 25.2 Å². The van der Waals surface area contributed by atoms with Crippen LogP contribution in [0.2, 0.25) is 5.02 Å². The molecule has 30 heavy (non-hydrogen) atoms. The van der Waals surface area contributed by atoms with Gasteiger partial charge in [0.1, 0.15) is 18.2 Å². The highest BCUT2D eigenvalue weighted by Gasteiger charge is 2.53. The van der Waals surface area contributed by atoms with Crippen molar-refractivity contribution in [3.63, 3.8) is 0 Å². The summed E-state index contributed by atoms with van der Waals surface area (Å²) in [6, 6.07) is 10.8. The quantitative estimate of drug-likeness (QED) is 0.702. The van der Waals surface area contributed by atoms with Gasteiger partial charge in [0.2, 0.25) is 17.7 Å². The summed E-state index contributed by atoms with van der Waals surface area (Å²) in [5, 5.41) is 0.529. The second-order valence-corrected chi connectivity index (χ2v) is 8.06. The zero-order valence-electron chi connectivity index (χ0n) is 16.4. The summed E-state index contributed by atoms with van der Waals surface area (Å²) in [6.45, 7) is 0.883. The summed E-state index contributed by atoms with van der Waals surface area (Å²) in [6.07, 6.45) is -0.411. The molecule has 0 radical (unpaired) electrons. The van der Waals surface area contributed by atoms with E-state index in [1.54, 1.807) is 29.2 Å². The topological polar surface area (TPSA) is 66.9 Å². The van der Waals surface area contributed by atoms with E-state index in [2.05, 4.69) is 0 Å². The fourth-order valence-corrected chi connectivity index (χ4v) is 4.28. The lowest BCUT2D eigenvalue weighted by Crippen LogP contribution is -2.43. The Bertz CT molecular complexity index is 1040. The minimum absolute atomic E-state index is 0.176. The van der Waals surface area contributed by atoms with Crippen molar-refractivity contribution in [1.82, 2.24) is 9.80 Å². The van der Waals surface area contributed by atoms with Gasteiger partial charge in [-0.3, -0.25) is 19.3 Å². The molecule has 4 rings (SSSR count). The highest BCUT2D eigenvalue weighted by molar-refractivity contribution is 6.30. The number of fused-ring (bicyclic) bond motifs is 1. The molecule has 2 heterocycles. The average molecular weight is 431 g/mol. The smallest absolute Gasteiger partial charge is 0.240 e. The predicted octanol–water partition coefficient (Wildman–Crippen LogP) is 2.92. The number of carbonyl (C=O) groups is 3. The molecular weight excluding hydrogens is 411 g/mol. The second-order valence-electron chi connectivity index (χ2n) is 7.62. The normalized spacial score (nSPS) is 21.3. The molecule has 8 heteroatoms. The van der Waals surface area contributed by atoms with Crippen LogP contribution in [0.1, 0.15) is 24.0 Å². The molecule has 2 aromatic carbocycles. The Kier molecular flexibility index (Phi) is 5.24. The SMILES string of the molecule is CN1C(=O)CC(CC(=O)N2CCOc3ccc(Cl)cc3C2)(c2cccc(F)c2)C1=O. The Labute approximate surface area is 178 Å². The van der Waals surface area contributed by atoms with Crippen LogP contribution in [0.25, 0.3) is 0 Å². The number of rotatable bonds is 3. The van der Waals surface area contributed by atoms with Crippen LogP contribution >= 0.6 is 11.6 Å². The molecule has 0 aliphatic carbocycles. The lowest BCUT2D eigenvalue weighted by molar-refractivity contribution is -0.141. The van der Waals surface area contributed by atoms with Gasteiger partial charge < -0.3 is 9.64 Å². The summed E-state index contributed by atoms with van der Waals surface area (Å²) in [4.78, 5) is 41.3. The van der Waals surface area contributed by atoms with Gasteiger partial charge >= 0.3 is 0 Å². The maximum atomic E-state index is 13.9. The molecule has 6 nitrogen and oxygen atoms in total. The van der Waals surface area contributed by atoms with E-state index in [9.17, 15) is 18.8 Å². The van der Waals surface area contributed by atoms with Crippen LogP contribution in [-0.2, 0) is 26.3 Å². The van der Waals surface area contributed by atoms with Crippen molar-refractivity contribution in [1.29, 1.82) is 0 Å². The number of amides is 3. The zero-order valence-corrected chi connectivity index (χ0v) is 17.1. The van der Waals surface area contributed by atoms with Crippen molar-refractivity contribution in [2.45, 2.75) is 24.8 Å². The summed E-state index contributed by atoms with van der Waals surface area (Å²) in [7, 11) is 1.38. The van der Waals surface area contributed by atoms with Crippen molar-refractivity contribution in [3.05, 3.63) is 64.4 Å². The van der Waals surface area contributed by atoms with E-state index in [1.807, 2.05) is 0 Å². The number of hydrogen-bond acceptors (Lipinski definition) is 4. The molecule has 1 saturated heterocycles. The summed E-state index contributed by atoms with van der Waals surface area (Å²) in [5.41, 5.74) is -0.331. The van der Waals surface area contributed by atoms with E-state index in [4.69, 9.17) is 16.3 Å². The van der Waals surface area contributed by atoms with Gasteiger partial charge in [-0.2, -0.15) is 0 Å². The highest BCUT2D eigenvalue weighted by atomic mass is 35.5. The van der Waals surface area contributed by atoms with E-state index < -0.39 is 23.0 Å². The van der Waals surface area contributed by atoms with E-state index in [-0.39, 0.29) is 25.3 Å². The van der Waals surface area contributed by atoms with Gasteiger partial charge in [-0.1, -0.05) is 23.7 Å². The van der Waals surface area contributed by atoms with E-state index in [0.29, 0.717) is 29.5 Å². The number of ether oxygens (including phenoxy) is 1. The standard InChI is InChI=1S/C22H20ClFN2O4/c1-25-19(27)11-22(21(25)29,15-3-2-4-17(24)10-15)12-20(28)26-7-8-30-18-6-5-16(23)9-14(18)13-26/h2-6,9-10H,7-8,11-13H2,1H3. The number of likely N-dealkylation sites (tertiary alicyclic amines) is 1. The van der Waals surface area contributed by atoms with Crippen LogP contribution in [-0.4, -0.2) is 47.7 Å². The average Bonchev–Trinajstić information content (AvgIpc) is 2.87. The monoisotopic (exact) mass is 430 g/mol. The minimum atomic E-state index is -1.42. The largest absolute Gasteiger partial charge is 0.491 e. The summed E-state index contributed by atoms with van der Waals surface area (Å²) < 4.78 is 19.6. The molecule has 3 amide bonds. The van der Waals surface area contributed by atoms with Gasteiger partial charge in [0.15, 0.2) is 0 Å². The van der Waals surface area contributed by atoms with Crippen molar-refractivity contribution < 1.29 is 23.5 Å². The fourth-order valence-electron chi connectivity index (χ4n) is 4.08. The van der Waals surface area contributed by atoms with Crippen LogP contribution in [0.3, 0.4) is 0 Å². The Morgan fingerprint density at radius 1 is 1.23 bits per heavy atom. The van der Waals surface area contributed by atoms with Gasteiger partial charge in [0, 0.05) is 37.0 Å². The van der Waals surface area contributed by atoms with Crippen LogP contribution in [0.5, 0.6) is 5.75 Å². The predicted molar refractivity (Wildman–Crippen MR) is 107 cm³/mol. The Hall–Kier alpha value is -2.93. The molecular formula is C22H20ClFN2O4. The molecule has 2 aliphatic heterocycles. The van der Waals surface area contributed by atoms with Crippen LogP contribution < -0.4 is 4.74 Å². The lowest BCUT2D eigenvalue weighted by Gasteiger charge is -2.29. The number of imide groups is 1. The molecule has 156 valence electrons. The van der Waals surface area contributed by atoms with Crippen LogP contribution in [0.4, 0.5) is 4.39 Å². The van der Waals surface area contributed by atoms with Crippen molar-refractivity contribution >= 4 is 29.3 Å². The molecule has 2 aliphatic rings. The minimum Gasteiger partial charge on any atom is -0.491 e. The van der Waals surface area contributed by atoms with Gasteiger partial charge in [0.25, 0.3) is 0 Å². The third kappa shape index (κ3) is 3.54. The Balaban J connectivity index is 1.66. The molecule has 0 aromatic heterocycles. The van der Waals surface area contributed by atoms with Gasteiger partial charge in [-0.15, -0.1) is 0 Å². The number of likely N-dealkylation sites (N-methyl/N-ethyl adjacent to an activating group) is 1. The molecule has 1 fully saturated rings. The highest BCUT2D eigenvalue weighted by Crippen LogP contribution is 2.40. The first-order chi connectivity index (χ1) is 14.3. The number of hydrogen-bond donors (Lipinski definition) is 0. The van der Waals surface area contributed by atoms with Gasteiger partial charge in [-0.05, 0) is 35.9 Å². The molecule has 0 spiro atoms. The Morgan fingerprint density at radius 3 is 2.73 bits per heavy atom. The van der Waals surface area contributed by atoms with E-state index >= 15 is 0 Å². The van der Waals surface area contributed by atoms with Crippen LogP contribution in [0.15, 0.2) is 42.5 Å². The van der Waals surface area contributed by atoms with Crippen molar-refractivity contribution in [2.75, 3.05) is 20.2 Å². The van der Waals surface area contributed by atoms with Crippen LogP contribution in [0, 0.1) is 5.82 Å². The number of carbonyl (C=O) groups excluding carboxylic acids is 3. The molecule has 0 saturated carbocycles. The third-order valence-corrected chi connectivity index (χ3v) is 5.96. The first-order valence-electron chi connectivity index (χ1n) is 9.56. The zero-order chi connectivity index (χ0) is 21.5. The molecule has 0 bridgehead atoms. The molecule has 0 N–H and O–H groups in total. The molecule has 2 aromatic rings. The first-order valence-corrected chi connectivity index (χ1v) is 9.94. The second kappa shape index (κ2) is 7.72. The van der Waals surface area contributed by atoms with Gasteiger partial charge in [0.05, 0.1) is 12.0 Å². The molecule has 1 unspecified atom stereocenters. The van der Waals surface area contributed by atoms with Crippen molar-refractivity contribution in [3.8, 4) is 5.75 Å². The maximum absolute atomic E-state index is 13.9. The fraction of sp³-hybridized carbons (Fsp3) is 0.318. The lowest BCUT2D eigenvalue weighted by atomic mass is 9.75. The number of nitrogens with zero attached hydrogens (tertiary/aromatic N) is 2. The number of halogens is 2. The van der Waals surface area contributed by atoms with Gasteiger partial charge in [-0.25, -0.2) is 4.39 Å². The maximum Gasteiger partial charge on any atom is 0.240 e. The number of benzene rings is 2.